The standard InChI is InChI=1S/C56H37N3/c1-5-13-38(14-6-1)39-25-30-49(31-26-39)59(48-19-11-4-12-20-48)50-32-27-44-35-43(22-23-46(44)37-50)45-28-33-51-47(36-45)24-21-40-29-34-52-56(53(40)51)58-55(42-17-9-3-10-18-42)54(57-52)41-15-7-2-8-16-41/h1-37H. The largest absolute Gasteiger partial charge is 0.310 e. The van der Waals surface area contributed by atoms with Crippen LogP contribution in [0.4, 0.5) is 17.1 Å². The molecule has 3 nitrogen and oxygen atoms in total. The van der Waals surface area contributed by atoms with E-state index in [1.54, 1.807) is 0 Å². The molecule has 0 radical (unpaired) electrons. The molecule has 0 aliphatic rings. The Morgan fingerprint density at radius 1 is 0.288 bits per heavy atom. The maximum absolute atomic E-state index is 5.42. The zero-order chi connectivity index (χ0) is 39.1. The fraction of sp³-hybridized carbons (Fsp3) is 0. The SMILES string of the molecule is c1ccc(-c2ccc(N(c3ccccc3)c3ccc4cc(-c5ccc6c(ccc7ccc8nc(-c9ccccc9)c(-c9ccccc9)nc8c76)c5)ccc4c3)cc2)cc1. The number of nitrogens with zero attached hydrogens (tertiary/aromatic N) is 3. The highest BCUT2D eigenvalue weighted by atomic mass is 15.1. The van der Waals surface area contributed by atoms with Gasteiger partial charge in [0.15, 0.2) is 0 Å². The number of anilines is 3. The van der Waals surface area contributed by atoms with E-state index in [0.717, 1.165) is 61.4 Å². The summed E-state index contributed by atoms with van der Waals surface area (Å²) < 4.78 is 0. The quantitative estimate of drug-likeness (QED) is 0.152. The molecule has 0 spiro atoms. The van der Waals surface area contributed by atoms with E-state index < -0.39 is 0 Å². The van der Waals surface area contributed by atoms with E-state index >= 15 is 0 Å². The number of para-hydroxylation sites is 1. The zero-order valence-corrected chi connectivity index (χ0v) is 32.2. The van der Waals surface area contributed by atoms with Crippen LogP contribution in [-0.4, -0.2) is 9.97 Å². The summed E-state index contributed by atoms with van der Waals surface area (Å²) in [6.07, 6.45) is 0. The van der Waals surface area contributed by atoms with Gasteiger partial charge in [0.1, 0.15) is 0 Å². The number of fused-ring (bicyclic) bond motifs is 6. The van der Waals surface area contributed by atoms with Gasteiger partial charge in [0.2, 0.25) is 0 Å². The molecule has 11 aromatic rings. The van der Waals surface area contributed by atoms with Crippen molar-refractivity contribution >= 4 is 60.4 Å². The predicted molar refractivity (Wildman–Crippen MR) is 248 cm³/mol. The minimum Gasteiger partial charge on any atom is -0.310 e. The van der Waals surface area contributed by atoms with Crippen LogP contribution in [-0.2, 0) is 0 Å². The molecule has 10 aromatic carbocycles. The van der Waals surface area contributed by atoms with E-state index in [4.69, 9.17) is 9.97 Å². The van der Waals surface area contributed by atoms with Gasteiger partial charge in [-0.25, -0.2) is 9.97 Å². The van der Waals surface area contributed by atoms with Crippen molar-refractivity contribution < 1.29 is 0 Å². The van der Waals surface area contributed by atoms with E-state index in [0.29, 0.717) is 0 Å². The minimum absolute atomic E-state index is 0.886. The van der Waals surface area contributed by atoms with Crippen molar-refractivity contribution in [1.82, 2.24) is 9.97 Å². The highest BCUT2D eigenvalue weighted by Gasteiger charge is 2.17. The van der Waals surface area contributed by atoms with Gasteiger partial charge in [0.05, 0.1) is 22.4 Å². The van der Waals surface area contributed by atoms with Crippen molar-refractivity contribution in [2.24, 2.45) is 0 Å². The second-order valence-corrected chi connectivity index (χ2v) is 15.0. The number of aromatic nitrogens is 2. The molecule has 3 heteroatoms. The van der Waals surface area contributed by atoms with Crippen molar-refractivity contribution in [3.63, 3.8) is 0 Å². The first-order valence-electron chi connectivity index (χ1n) is 20.1. The van der Waals surface area contributed by atoms with Gasteiger partial charge >= 0.3 is 0 Å². The van der Waals surface area contributed by atoms with E-state index in [-0.39, 0.29) is 0 Å². The summed E-state index contributed by atoms with van der Waals surface area (Å²) in [5, 5.41) is 7.00. The lowest BCUT2D eigenvalue weighted by Gasteiger charge is -2.26. The van der Waals surface area contributed by atoms with Crippen molar-refractivity contribution in [2.45, 2.75) is 0 Å². The van der Waals surface area contributed by atoms with Gasteiger partial charge in [-0.15, -0.1) is 0 Å². The topological polar surface area (TPSA) is 29.0 Å². The van der Waals surface area contributed by atoms with Crippen LogP contribution in [0.2, 0.25) is 0 Å². The number of hydrogen-bond acceptors (Lipinski definition) is 3. The molecule has 1 aromatic heterocycles. The zero-order valence-electron chi connectivity index (χ0n) is 32.2. The third-order valence-electron chi connectivity index (χ3n) is 11.4. The molecule has 0 fully saturated rings. The summed E-state index contributed by atoms with van der Waals surface area (Å²) in [5.41, 5.74) is 13.8. The second kappa shape index (κ2) is 14.6. The van der Waals surface area contributed by atoms with Crippen molar-refractivity contribution in [1.29, 1.82) is 0 Å². The Kier molecular flexibility index (Phi) is 8.49. The number of benzene rings is 10. The van der Waals surface area contributed by atoms with Crippen molar-refractivity contribution in [3.8, 4) is 44.8 Å². The van der Waals surface area contributed by atoms with E-state index in [9.17, 15) is 0 Å². The molecule has 1 heterocycles. The average molecular weight is 752 g/mol. The van der Waals surface area contributed by atoms with Gasteiger partial charge in [-0.05, 0) is 104 Å². The highest BCUT2D eigenvalue weighted by molar-refractivity contribution is 6.19. The third kappa shape index (κ3) is 6.36. The van der Waals surface area contributed by atoms with E-state index in [1.165, 1.54) is 43.8 Å². The molecule has 11 rings (SSSR count). The molecule has 59 heavy (non-hydrogen) atoms. The smallest absolute Gasteiger partial charge is 0.0979 e. The lowest BCUT2D eigenvalue weighted by Crippen LogP contribution is -2.09. The summed E-state index contributed by atoms with van der Waals surface area (Å²) in [7, 11) is 0. The minimum atomic E-state index is 0.886. The molecule has 0 saturated carbocycles. The molecule has 0 unspecified atom stereocenters. The van der Waals surface area contributed by atoms with Gasteiger partial charge < -0.3 is 4.90 Å². The molecule has 0 saturated heterocycles. The summed E-state index contributed by atoms with van der Waals surface area (Å²) in [4.78, 5) is 13.0. The van der Waals surface area contributed by atoms with Gasteiger partial charge in [0, 0.05) is 33.6 Å². The van der Waals surface area contributed by atoms with E-state index in [1.807, 2.05) is 12.1 Å². The fourth-order valence-corrected chi connectivity index (χ4v) is 8.45. The van der Waals surface area contributed by atoms with E-state index in [2.05, 4.69) is 217 Å². The van der Waals surface area contributed by atoms with Crippen LogP contribution in [0.25, 0.3) is 88.1 Å². The monoisotopic (exact) mass is 751 g/mol. The Labute approximate surface area is 343 Å². The van der Waals surface area contributed by atoms with Crippen molar-refractivity contribution in [3.05, 3.63) is 224 Å². The van der Waals surface area contributed by atoms with Crippen LogP contribution in [0.1, 0.15) is 0 Å². The first kappa shape index (κ1) is 34.4. The molecule has 0 bridgehead atoms. The summed E-state index contributed by atoms with van der Waals surface area (Å²) in [6, 6.07) is 79.9. The first-order valence-corrected chi connectivity index (χ1v) is 20.1. The Bertz CT molecular complexity index is 3290. The van der Waals surface area contributed by atoms with Crippen LogP contribution >= 0.6 is 0 Å². The molecular formula is C56H37N3. The number of hydrogen-bond donors (Lipinski definition) is 0. The van der Waals surface area contributed by atoms with Crippen LogP contribution in [0.15, 0.2) is 224 Å². The van der Waals surface area contributed by atoms with Crippen LogP contribution in [0.3, 0.4) is 0 Å². The summed E-state index contributed by atoms with van der Waals surface area (Å²) >= 11 is 0. The fourth-order valence-electron chi connectivity index (χ4n) is 8.45. The van der Waals surface area contributed by atoms with Crippen molar-refractivity contribution in [2.75, 3.05) is 4.90 Å². The normalized spacial score (nSPS) is 11.4. The van der Waals surface area contributed by atoms with Gasteiger partial charge in [-0.2, -0.15) is 0 Å². The molecular weight excluding hydrogens is 715 g/mol. The summed E-state index contributed by atoms with van der Waals surface area (Å²) in [5.74, 6) is 0. The average Bonchev–Trinajstić information content (AvgIpc) is 3.32. The number of rotatable bonds is 7. The van der Waals surface area contributed by atoms with Crippen LogP contribution in [0, 0.1) is 0 Å². The second-order valence-electron chi connectivity index (χ2n) is 15.0. The van der Waals surface area contributed by atoms with Gasteiger partial charge in [-0.1, -0.05) is 170 Å². The molecule has 0 N–H and O–H groups in total. The molecule has 276 valence electrons. The third-order valence-corrected chi connectivity index (χ3v) is 11.4. The molecule has 0 atom stereocenters. The van der Waals surface area contributed by atoms with Gasteiger partial charge in [0.25, 0.3) is 0 Å². The predicted octanol–water partition coefficient (Wildman–Crippen LogP) is 15.2. The Morgan fingerprint density at radius 2 is 0.746 bits per heavy atom. The highest BCUT2D eigenvalue weighted by Crippen LogP contribution is 2.40. The van der Waals surface area contributed by atoms with Gasteiger partial charge in [-0.3, -0.25) is 0 Å². The molecule has 0 amide bonds. The lowest BCUT2D eigenvalue weighted by atomic mass is 9.95. The molecule has 0 aliphatic heterocycles. The maximum Gasteiger partial charge on any atom is 0.0979 e. The Hall–Kier alpha value is -7.88. The van der Waals surface area contributed by atoms with Crippen LogP contribution in [0.5, 0.6) is 0 Å². The molecule has 0 aliphatic carbocycles. The Morgan fingerprint density at radius 3 is 1.44 bits per heavy atom. The summed E-state index contributed by atoms with van der Waals surface area (Å²) in [6.45, 7) is 0. The first-order chi connectivity index (χ1) is 29.2. The maximum atomic E-state index is 5.42. The lowest BCUT2D eigenvalue weighted by molar-refractivity contribution is 1.29. The van der Waals surface area contributed by atoms with Crippen LogP contribution < -0.4 is 4.90 Å². The Balaban J connectivity index is 0.975.